The lowest BCUT2D eigenvalue weighted by Crippen LogP contribution is -2.04. The molecule has 1 aromatic carbocycles. The van der Waals surface area contributed by atoms with Gasteiger partial charge >= 0.3 is 5.97 Å². The van der Waals surface area contributed by atoms with Crippen LogP contribution in [0.2, 0.25) is 0 Å². The highest BCUT2D eigenvalue weighted by molar-refractivity contribution is 5.85. The van der Waals surface area contributed by atoms with E-state index in [0.29, 0.717) is 12.1 Å². The molecular weight excluding hydrogens is 218 g/mol. The summed E-state index contributed by atoms with van der Waals surface area (Å²) in [7, 11) is 1.61. The van der Waals surface area contributed by atoms with E-state index in [-0.39, 0.29) is 0 Å². The topological polar surface area (TPSA) is 58.6 Å². The summed E-state index contributed by atoms with van der Waals surface area (Å²) >= 11 is 0. The van der Waals surface area contributed by atoms with Crippen LogP contribution < -0.4 is 10.1 Å². The molecule has 1 aromatic rings. The Hall–Kier alpha value is -1.97. The fourth-order valence-corrected chi connectivity index (χ4v) is 1.36. The number of anilines is 1. The quantitative estimate of drug-likeness (QED) is 0.770. The molecular formula is C13H17NO3. The van der Waals surface area contributed by atoms with Crippen molar-refractivity contribution < 1.29 is 14.6 Å². The Morgan fingerprint density at radius 1 is 1.53 bits per heavy atom. The molecule has 92 valence electrons. The number of benzene rings is 1. The van der Waals surface area contributed by atoms with E-state index in [0.717, 1.165) is 17.0 Å². The number of hydrogen-bond acceptors (Lipinski definition) is 3. The normalized spacial score (nSPS) is 11.1. The standard InChI is InChI=1S/C13H17NO3/c1-9-4-5-12(17-3)11(8-9)14-7-6-10(2)13(15)16/h4-6,8,14H,7H2,1-3H3,(H,15,16)/b10-6-. The number of carboxylic acids is 1. The molecule has 0 bridgehead atoms. The predicted octanol–water partition coefficient (Wildman–Crippen LogP) is 2.45. The van der Waals surface area contributed by atoms with Gasteiger partial charge in [0.1, 0.15) is 5.75 Å². The lowest BCUT2D eigenvalue weighted by Gasteiger charge is -2.10. The first-order chi connectivity index (χ1) is 8.04. The monoisotopic (exact) mass is 235 g/mol. The van der Waals surface area contributed by atoms with Crippen LogP contribution in [0.5, 0.6) is 5.75 Å². The molecule has 0 aliphatic heterocycles. The number of carbonyl (C=O) groups is 1. The van der Waals surface area contributed by atoms with Gasteiger partial charge in [0.05, 0.1) is 12.8 Å². The van der Waals surface area contributed by atoms with Crippen molar-refractivity contribution in [2.24, 2.45) is 0 Å². The summed E-state index contributed by atoms with van der Waals surface area (Å²) < 4.78 is 5.21. The van der Waals surface area contributed by atoms with Crippen molar-refractivity contribution in [1.82, 2.24) is 0 Å². The third kappa shape index (κ3) is 3.83. The third-order valence-electron chi connectivity index (χ3n) is 2.39. The van der Waals surface area contributed by atoms with Gasteiger partial charge in [-0.1, -0.05) is 12.1 Å². The molecule has 0 saturated carbocycles. The van der Waals surface area contributed by atoms with Crippen molar-refractivity contribution in [1.29, 1.82) is 0 Å². The molecule has 0 spiro atoms. The zero-order chi connectivity index (χ0) is 12.8. The summed E-state index contributed by atoms with van der Waals surface area (Å²) in [6.07, 6.45) is 1.63. The summed E-state index contributed by atoms with van der Waals surface area (Å²) in [5.74, 6) is -0.153. The lowest BCUT2D eigenvalue weighted by atomic mass is 10.2. The van der Waals surface area contributed by atoms with E-state index in [9.17, 15) is 4.79 Å². The number of rotatable bonds is 5. The third-order valence-corrected chi connectivity index (χ3v) is 2.39. The molecule has 0 heterocycles. The summed E-state index contributed by atoms with van der Waals surface area (Å²) in [6.45, 7) is 4.01. The molecule has 0 saturated heterocycles. The molecule has 17 heavy (non-hydrogen) atoms. The minimum atomic E-state index is -0.900. The number of carboxylic acid groups (broad SMARTS) is 1. The van der Waals surface area contributed by atoms with Crippen molar-refractivity contribution in [3.05, 3.63) is 35.4 Å². The Labute approximate surface area is 101 Å². The molecule has 0 amide bonds. The van der Waals surface area contributed by atoms with Crippen molar-refractivity contribution in [2.75, 3.05) is 19.0 Å². The highest BCUT2D eigenvalue weighted by atomic mass is 16.5. The average Bonchev–Trinajstić information content (AvgIpc) is 2.29. The molecule has 2 N–H and O–H groups in total. The molecule has 0 aliphatic rings. The van der Waals surface area contributed by atoms with Gasteiger partial charge in [0.15, 0.2) is 0 Å². The van der Waals surface area contributed by atoms with Crippen LogP contribution in [-0.2, 0) is 4.79 Å². The maximum Gasteiger partial charge on any atom is 0.331 e. The molecule has 4 nitrogen and oxygen atoms in total. The molecule has 0 aromatic heterocycles. The van der Waals surface area contributed by atoms with Crippen LogP contribution in [-0.4, -0.2) is 24.7 Å². The minimum absolute atomic E-state index is 0.323. The molecule has 4 heteroatoms. The Morgan fingerprint density at radius 2 is 2.24 bits per heavy atom. The second kappa shape index (κ2) is 5.94. The molecule has 0 radical (unpaired) electrons. The lowest BCUT2D eigenvalue weighted by molar-refractivity contribution is -0.132. The van der Waals surface area contributed by atoms with Crippen molar-refractivity contribution in [3.63, 3.8) is 0 Å². The highest BCUT2D eigenvalue weighted by Gasteiger charge is 2.02. The number of methoxy groups -OCH3 is 1. The van der Waals surface area contributed by atoms with Crippen LogP contribution >= 0.6 is 0 Å². The van der Waals surface area contributed by atoms with Crippen LogP contribution in [0, 0.1) is 6.92 Å². The second-order valence-corrected chi connectivity index (χ2v) is 3.78. The first kappa shape index (κ1) is 13.1. The fourth-order valence-electron chi connectivity index (χ4n) is 1.36. The summed E-state index contributed by atoms with van der Waals surface area (Å²) in [5.41, 5.74) is 2.30. The second-order valence-electron chi connectivity index (χ2n) is 3.78. The molecule has 0 unspecified atom stereocenters. The smallest absolute Gasteiger partial charge is 0.331 e. The first-order valence-electron chi connectivity index (χ1n) is 5.33. The first-order valence-corrected chi connectivity index (χ1v) is 5.33. The van der Waals surface area contributed by atoms with Crippen molar-refractivity contribution in [2.45, 2.75) is 13.8 Å². The average molecular weight is 235 g/mol. The Morgan fingerprint density at radius 3 is 2.82 bits per heavy atom. The zero-order valence-corrected chi connectivity index (χ0v) is 10.3. The number of ether oxygens (including phenoxy) is 1. The van der Waals surface area contributed by atoms with Crippen molar-refractivity contribution >= 4 is 11.7 Å². The van der Waals surface area contributed by atoms with Gasteiger partial charge in [0.25, 0.3) is 0 Å². The van der Waals surface area contributed by atoms with Gasteiger partial charge in [-0.15, -0.1) is 0 Å². The number of aliphatic carboxylic acids is 1. The van der Waals surface area contributed by atoms with Crippen LogP contribution in [0.1, 0.15) is 12.5 Å². The van der Waals surface area contributed by atoms with Gasteiger partial charge in [-0.25, -0.2) is 4.79 Å². The van der Waals surface area contributed by atoms with Gasteiger partial charge in [0, 0.05) is 12.1 Å². The Bertz CT molecular complexity index is 438. The highest BCUT2D eigenvalue weighted by Crippen LogP contribution is 2.24. The largest absolute Gasteiger partial charge is 0.495 e. The van der Waals surface area contributed by atoms with Gasteiger partial charge in [-0.05, 0) is 31.5 Å². The van der Waals surface area contributed by atoms with E-state index in [1.54, 1.807) is 20.1 Å². The number of nitrogens with one attached hydrogen (secondary N) is 1. The van der Waals surface area contributed by atoms with E-state index < -0.39 is 5.97 Å². The van der Waals surface area contributed by atoms with Gasteiger partial charge in [-0.3, -0.25) is 0 Å². The zero-order valence-electron chi connectivity index (χ0n) is 10.3. The van der Waals surface area contributed by atoms with E-state index in [4.69, 9.17) is 9.84 Å². The maximum atomic E-state index is 10.6. The molecule has 1 rings (SSSR count). The molecule has 0 atom stereocenters. The van der Waals surface area contributed by atoms with E-state index in [2.05, 4.69) is 5.32 Å². The van der Waals surface area contributed by atoms with Crippen LogP contribution in [0.15, 0.2) is 29.8 Å². The Balaban J connectivity index is 2.72. The SMILES string of the molecule is COc1ccc(C)cc1NC/C=C(/C)C(=O)O. The fraction of sp³-hybridized carbons (Fsp3) is 0.308. The van der Waals surface area contributed by atoms with E-state index in [1.807, 2.05) is 25.1 Å². The van der Waals surface area contributed by atoms with E-state index >= 15 is 0 Å². The van der Waals surface area contributed by atoms with Crippen molar-refractivity contribution in [3.8, 4) is 5.75 Å². The van der Waals surface area contributed by atoms with Crippen LogP contribution in [0.3, 0.4) is 0 Å². The van der Waals surface area contributed by atoms with Gasteiger partial charge in [0.2, 0.25) is 0 Å². The summed E-state index contributed by atoms with van der Waals surface area (Å²) in [6, 6.07) is 5.80. The minimum Gasteiger partial charge on any atom is -0.495 e. The maximum absolute atomic E-state index is 10.6. The van der Waals surface area contributed by atoms with E-state index in [1.165, 1.54) is 0 Å². The van der Waals surface area contributed by atoms with Gasteiger partial charge in [-0.2, -0.15) is 0 Å². The number of aryl methyl sites for hydroxylation is 1. The summed E-state index contributed by atoms with van der Waals surface area (Å²) in [5, 5.41) is 11.8. The molecule has 0 aliphatic carbocycles. The number of hydrogen-bond donors (Lipinski definition) is 2. The Kier molecular flexibility index (Phi) is 4.57. The molecule has 0 fully saturated rings. The predicted molar refractivity (Wildman–Crippen MR) is 67.6 cm³/mol. The van der Waals surface area contributed by atoms with Crippen LogP contribution in [0.25, 0.3) is 0 Å². The van der Waals surface area contributed by atoms with Crippen LogP contribution in [0.4, 0.5) is 5.69 Å². The van der Waals surface area contributed by atoms with Gasteiger partial charge < -0.3 is 15.2 Å². The summed E-state index contributed by atoms with van der Waals surface area (Å²) in [4.78, 5) is 10.6.